The number of para-hydroxylation sites is 2. The highest BCUT2D eigenvalue weighted by molar-refractivity contribution is 5.89. The first-order chi connectivity index (χ1) is 21.0. The van der Waals surface area contributed by atoms with Crippen LogP contribution in [0.15, 0.2) is 79.0 Å². The minimum Gasteiger partial charge on any atom is -0.494 e. The number of ether oxygens (including phenoxy) is 1. The van der Waals surface area contributed by atoms with Gasteiger partial charge in [0.25, 0.3) is 0 Å². The van der Waals surface area contributed by atoms with Crippen LogP contribution in [0.3, 0.4) is 0 Å². The molecule has 222 valence electrons. The molecule has 1 aliphatic heterocycles. The summed E-state index contributed by atoms with van der Waals surface area (Å²) < 4.78 is 7.48. The molecule has 1 saturated heterocycles. The predicted octanol–water partition coefficient (Wildman–Crippen LogP) is 3.71. The average Bonchev–Trinajstić information content (AvgIpc) is 3.38. The lowest BCUT2D eigenvalue weighted by Crippen LogP contribution is -2.47. The van der Waals surface area contributed by atoms with Crippen molar-refractivity contribution >= 4 is 28.4 Å². The molecule has 0 aliphatic carbocycles. The molecule has 9 nitrogen and oxygen atoms in total. The van der Waals surface area contributed by atoms with Crippen molar-refractivity contribution in [1.29, 1.82) is 5.26 Å². The van der Waals surface area contributed by atoms with Crippen molar-refractivity contribution in [1.82, 2.24) is 20.1 Å². The average molecular weight is 579 g/mol. The third-order valence-corrected chi connectivity index (χ3v) is 7.89. The van der Waals surface area contributed by atoms with Crippen molar-refractivity contribution in [2.24, 2.45) is 0 Å². The van der Waals surface area contributed by atoms with Gasteiger partial charge in [-0.3, -0.25) is 14.5 Å². The highest BCUT2D eigenvalue weighted by Crippen LogP contribution is 2.25. The van der Waals surface area contributed by atoms with Gasteiger partial charge in [-0.15, -0.1) is 0 Å². The molecule has 4 aromatic rings. The third-order valence-electron chi connectivity index (χ3n) is 7.89. The summed E-state index contributed by atoms with van der Waals surface area (Å²) in [4.78, 5) is 30.6. The molecule has 9 heteroatoms. The van der Waals surface area contributed by atoms with E-state index in [9.17, 15) is 14.9 Å². The molecule has 0 spiro atoms. The van der Waals surface area contributed by atoms with Crippen molar-refractivity contribution in [3.8, 4) is 11.8 Å². The summed E-state index contributed by atoms with van der Waals surface area (Å²) in [5, 5.41) is 16.2. The smallest absolute Gasteiger partial charge is 0.242 e. The van der Waals surface area contributed by atoms with E-state index in [0.29, 0.717) is 18.6 Å². The van der Waals surface area contributed by atoms with Crippen LogP contribution in [-0.2, 0) is 29.1 Å². The number of benzene rings is 3. The Morgan fingerprint density at radius 2 is 1.70 bits per heavy atom. The lowest BCUT2D eigenvalue weighted by atomic mass is 10.0. The van der Waals surface area contributed by atoms with Crippen molar-refractivity contribution in [2.75, 3.05) is 44.7 Å². The Morgan fingerprint density at radius 1 is 0.977 bits per heavy atom. The predicted molar refractivity (Wildman–Crippen MR) is 168 cm³/mol. The van der Waals surface area contributed by atoms with E-state index in [4.69, 9.17) is 4.74 Å². The van der Waals surface area contributed by atoms with Gasteiger partial charge in [0, 0.05) is 63.3 Å². The zero-order valence-corrected chi connectivity index (χ0v) is 24.8. The SMILES string of the molecule is CCOc1ccc(C[C@@H](NC(=O)Cn2cc(CN3CCN(c4ccccc4C#N)CC3)c3ccccc32)C(=O)NC)cc1. The summed E-state index contributed by atoms with van der Waals surface area (Å²) >= 11 is 0. The third kappa shape index (κ3) is 7.16. The van der Waals surface area contributed by atoms with Crippen molar-refractivity contribution < 1.29 is 14.3 Å². The first kappa shape index (κ1) is 29.7. The van der Waals surface area contributed by atoms with Gasteiger partial charge in [-0.1, -0.05) is 42.5 Å². The number of carbonyl (C=O) groups excluding carboxylic acids is 2. The lowest BCUT2D eigenvalue weighted by molar-refractivity contribution is -0.129. The maximum Gasteiger partial charge on any atom is 0.242 e. The number of hydrogen-bond acceptors (Lipinski definition) is 6. The number of fused-ring (bicyclic) bond motifs is 1. The number of aromatic nitrogens is 1. The molecule has 0 radical (unpaired) electrons. The van der Waals surface area contributed by atoms with E-state index < -0.39 is 6.04 Å². The van der Waals surface area contributed by atoms with E-state index in [1.54, 1.807) is 7.05 Å². The largest absolute Gasteiger partial charge is 0.494 e. The van der Waals surface area contributed by atoms with E-state index in [0.717, 1.165) is 66.2 Å². The van der Waals surface area contributed by atoms with Crippen LogP contribution in [0, 0.1) is 11.3 Å². The summed E-state index contributed by atoms with van der Waals surface area (Å²) in [6.07, 6.45) is 2.43. The van der Waals surface area contributed by atoms with Gasteiger partial charge in [0.15, 0.2) is 0 Å². The first-order valence-electron chi connectivity index (χ1n) is 14.7. The summed E-state index contributed by atoms with van der Waals surface area (Å²) in [7, 11) is 1.58. The molecule has 1 atom stereocenters. The summed E-state index contributed by atoms with van der Waals surface area (Å²) in [5.41, 5.74) is 4.77. The van der Waals surface area contributed by atoms with Crippen molar-refractivity contribution in [3.63, 3.8) is 0 Å². The number of nitrogens with zero attached hydrogens (tertiary/aromatic N) is 4. The molecule has 2 N–H and O–H groups in total. The van der Waals surface area contributed by atoms with Gasteiger partial charge in [-0.2, -0.15) is 5.26 Å². The number of nitrogens with one attached hydrogen (secondary N) is 2. The Hall–Kier alpha value is -4.81. The zero-order valence-electron chi connectivity index (χ0n) is 24.8. The number of carbonyl (C=O) groups is 2. The summed E-state index contributed by atoms with van der Waals surface area (Å²) in [5.74, 6) is 0.307. The van der Waals surface area contributed by atoms with Crippen molar-refractivity contribution in [2.45, 2.75) is 32.5 Å². The second-order valence-electron chi connectivity index (χ2n) is 10.7. The zero-order chi connectivity index (χ0) is 30.2. The Labute approximate surface area is 252 Å². The highest BCUT2D eigenvalue weighted by Gasteiger charge is 2.23. The van der Waals surface area contributed by atoms with Crippen LogP contribution in [0.25, 0.3) is 10.9 Å². The number of rotatable bonds is 11. The summed E-state index contributed by atoms with van der Waals surface area (Å²) in [6.45, 7) is 6.82. The normalized spacial score (nSPS) is 14.2. The number of anilines is 1. The molecule has 1 aliphatic rings. The molecule has 0 bridgehead atoms. The van der Waals surface area contributed by atoms with Gasteiger partial charge in [-0.05, 0) is 48.4 Å². The molecular weight excluding hydrogens is 540 g/mol. The number of likely N-dealkylation sites (N-methyl/N-ethyl adjacent to an activating group) is 1. The van der Waals surface area contributed by atoms with Crippen LogP contribution in [0.1, 0.15) is 23.6 Å². The Bertz CT molecular complexity index is 1600. The lowest BCUT2D eigenvalue weighted by Gasteiger charge is -2.36. The molecule has 43 heavy (non-hydrogen) atoms. The fourth-order valence-corrected chi connectivity index (χ4v) is 5.71. The maximum absolute atomic E-state index is 13.3. The van der Waals surface area contributed by atoms with Gasteiger partial charge in [0.2, 0.25) is 11.8 Å². The van der Waals surface area contributed by atoms with Crippen LogP contribution in [-0.4, -0.2) is 67.2 Å². The molecule has 1 aromatic heterocycles. The van der Waals surface area contributed by atoms with Gasteiger partial charge in [-0.25, -0.2) is 0 Å². The fraction of sp³-hybridized carbons (Fsp3) is 0.324. The quantitative estimate of drug-likeness (QED) is 0.281. The molecular formula is C34H38N6O3. The maximum atomic E-state index is 13.3. The minimum atomic E-state index is -0.695. The second kappa shape index (κ2) is 13.9. The number of amides is 2. The van der Waals surface area contributed by atoms with Crippen molar-refractivity contribution in [3.05, 3.63) is 95.7 Å². The second-order valence-corrected chi connectivity index (χ2v) is 10.7. The van der Waals surface area contributed by atoms with E-state index in [1.807, 2.05) is 78.2 Å². The number of nitriles is 1. The van der Waals surface area contributed by atoms with Gasteiger partial charge < -0.3 is 24.8 Å². The monoisotopic (exact) mass is 578 g/mol. The van der Waals surface area contributed by atoms with Crippen LogP contribution in [0.2, 0.25) is 0 Å². The van der Waals surface area contributed by atoms with Crippen LogP contribution in [0.4, 0.5) is 5.69 Å². The molecule has 0 unspecified atom stereocenters. The molecule has 3 aromatic carbocycles. The molecule has 5 rings (SSSR count). The molecule has 2 heterocycles. The van der Waals surface area contributed by atoms with Crippen LogP contribution >= 0.6 is 0 Å². The van der Waals surface area contributed by atoms with Crippen LogP contribution < -0.4 is 20.3 Å². The minimum absolute atomic E-state index is 0.107. The topological polar surface area (TPSA) is 103 Å². The van der Waals surface area contributed by atoms with E-state index in [1.165, 1.54) is 0 Å². The van der Waals surface area contributed by atoms with Gasteiger partial charge in [0.05, 0.1) is 17.9 Å². The van der Waals surface area contributed by atoms with E-state index >= 15 is 0 Å². The Balaban J connectivity index is 1.24. The number of hydrogen-bond donors (Lipinski definition) is 2. The first-order valence-corrected chi connectivity index (χ1v) is 14.7. The summed E-state index contributed by atoms with van der Waals surface area (Å²) in [6, 6.07) is 25.1. The molecule has 1 fully saturated rings. The Kier molecular flexibility index (Phi) is 9.59. The standard InChI is InChI=1S/C34H38N6O3/c1-3-43-28-14-12-25(13-15-28)20-30(34(42)36-2)37-33(41)24-40-23-27(29-9-5-7-11-32(29)40)22-38-16-18-39(19-17-38)31-10-6-4-8-26(31)21-35/h4-15,23,30H,3,16-20,22,24H2,1-2H3,(H,36,42)(H,37,41)/t30-/m1/s1. The van der Waals surface area contributed by atoms with Crippen LogP contribution in [0.5, 0.6) is 5.75 Å². The van der Waals surface area contributed by atoms with E-state index in [2.05, 4.69) is 38.8 Å². The van der Waals surface area contributed by atoms with Gasteiger partial charge >= 0.3 is 0 Å². The molecule has 0 saturated carbocycles. The Morgan fingerprint density at radius 3 is 2.42 bits per heavy atom. The number of piperazine rings is 1. The highest BCUT2D eigenvalue weighted by atomic mass is 16.5. The van der Waals surface area contributed by atoms with Gasteiger partial charge in [0.1, 0.15) is 24.4 Å². The van der Waals surface area contributed by atoms with E-state index in [-0.39, 0.29) is 18.4 Å². The molecule has 2 amide bonds. The fourth-order valence-electron chi connectivity index (χ4n) is 5.71.